The third-order valence-electron chi connectivity index (χ3n) is 2.87. The van der Waals surface area contributed by atoms with Crippen molar-refractivity contribution in [3.8, 4) is 0 Å². The lowest BCUT2D eigenvalue weighted by Gasteiger charge is -2.05. The van der Waals surface area contributed by atoms with E-state index >= 15 is 0 Å². The van der Waals surface area contributed by atoms with Crippen LogP contribution >= 0.6 is 0 Å². The maximum atomic E-state index is 9.66. The summed E-state index contributed by atoms with van der Waals surface area (Å²) in [5.74, 6) is 0. The lowest BCUT2D eigenvalue weighted by atomic mass is 10.1. The van der Waals surface area contributed by atoms with Crippen molar-refractivity contribution in [3.05, 3.63) is 36.7 Å². The highest BCUT2D eigenvalue weighted by molar-refractivity contribution is 5.13. The fourth-order valence-electron chi connectivity index (χ4n) is 1.79. The molecule has 2 heteroatoms. The fourth-order valence-corrected chi connectivity index (χ4v) is 1.79. The van der Waals surface area contributed by atoms with Crippen LogP contribution < -0.4 is 0 Å². The highest BCUT2D eigenvalue weighted by Gasteiger charge is 2.05. The van der Waals surface area contributed by atoms with Crippen molar-refractivity contribution in [1.82, 2.24) is 4.57 Å². The molecule has 0 saturated carbocycles. The summed E-state index contributed by atoms with van der Waals surface area (Å²) in [6, 6.07) is 2.01. The molecule has 90 valence electrons. The van der Waals surface area contributed by atoms with E-state index in [4.69, 9.17) is 0 Å². The summed E-state index contributed by atoms with van der Waals surface area (Å²) in [4.78, 5) is 0. The van der Waals surface area contributed by atoms with E-state index in [0.29, 0.717) is 0 Å². The number of hydrogen-bond donors (Lipinski definition) is 1. The Hall–Kier alpha value is -1.02. The number of aryl methyl sites for hydroxylation is 1. The normalized spacial score (nSPS) is 12.6. The predicted octanol–water partition coefficient (Wildman–Crippen LogP) is 3.68. The van der Waals surface area contributed by atoms with E-state index in [2.05, 4.69) is 23.5 Å². The zero-order chi connectivity index (χ0) is 11.8. The van der Waals surface area contributed by atoms with Crippen molar-refractivity contribution in [3.63, 3.8) is 0 Å². The Bertz CT molecular complexity index is 303. The maximum Gasteiger partial charge on any atom is 0.0802 e. The molecular formula is C14H23NO. The summed E-state index contributed by atoms with van der Waals surface area (Å²) in [7, 11) is 0. The summed E-state index contributed by atoms with van der Waals surface area (Å²) in [6.45, 7) is 6.76. The van der Waals surface area contributed by atoms with E-state index in [1.807, 2.05) is 19.1 Å². The minimum atomic E-state index is -0.304. The average Bonchev–Trinajstić information content (AvgIpc) is 2.76. The second-order valence-corrected chi connectivity index (χ2v) is 4.24. The quantitative estimate of drug-likeness (QED) is 0.526. The van der Waals surface area contributed by atoms with Crippen molar-refractivity contribution >= 4 is 0 Å². The molecule has 0 aromatic carbocycles. The van der Waals surface area contributed by atoms with Crippen LogP contribution in [0.1, 0.15) is 50.7 Å². The van der Waals surface area contributed by atoms with Crippen molar-refractivity contribution in [2.24, 2.45) is 0 Å². The molecule has 2 nitrogen and oxygen atoms in total. The van der Waals surface area contributed by atoms with Crippen molar-refractivity contribution in [2.45, 2.75) is 51.7 Å². The number of aliphatic hydroxyl groups excluding tert-OH is 1. The van der Waals surface area contributed by atoms with Gasteiger partial charge < -0.3 is 9.67 Å². The van der Waals surface area contributed by atoms with Gasteiger partial charge in [0, 0.05) is 18.9 Å². The molecule has 1 rings (SSSR count). The second kappa shape index (κ2) is 7.29. The SMILES string of the molecule is C=CCCCCCn1ccc(C(O)CC)c1. The van der Waals surface area contributed by atoms with Crippen LogP contribution in [0.3, 0.4) is 0 Å². The van der Waals surface area contributed by atoms with Gasteiger partial charge >= 0.3 is 0 Å². The van der Waals surface area contributed by atoms with Crippen LogP contribution in [0.15, 0.2) is 31.1 Å². The van der Waals surface area contributed by atoms with Crippen LogP contribution in [0.25, 0.3) is 0 Å². The maximum absolute atomic E-state index is 9.66. The molecule has 0 aliphatic heterocycles. The molecule has 0 amide bonds. The lowest BCUT2D eigenvalue weighted by Crippen LogP contribution is -1.96. The molecule has 1 atom stereocenters. The summed E-state index contributed by atoms with van der Waals surface area (Å²) in [5.41, 5.74) is 1.04. The Kier molecular flexibility index (Phi) is 5.94. The van der Waals surface area contributed by atoms with Gasteiger partial charge in [0.15, 0.2) is 0 Å². The smallest absolute Gasteiger partial charge is 0.0802 e. The molecule has 0 spiro atoms. The molecule has 0 fully saturated rings. The largest absolute Gasteiger partial charge is 0.388 e. The molecule has 0 aliphatic rings. The van der Waals surface area contributed by atoms with Gasteiger partial charge in [-0.15, -0.1) is 6.58 Å². The number of allylic oxidation sites excluding steroid dienone is 1. The summed E-state index contributed by atoms with van der Waals surface area (Å²) >= 11 is 0. The van der Waals surface area contributed by atoms with Crippen molar-refractivity contribution in [2.75, 3.05) is 0 Å². The Morgan fingerprint density at radius 1 is 1.44 bits per heavy atom. The van der Waals surface area contributed by atoms with Crippen LogP contribution in [0.4, 0.5) is 0 Å². The molecule has 1 aromatic rings. The van der Waals surface area contributed by atoms with Crippen LogP contribution in [0, 0.1) is 0 Å². The first-order valence-electron chi connectivity index (χ1n) is 6.22. The first kappa shape index (κ1) is 13.0. The number of aromatic nitrogens is 1. The third kappa shape index (κ3) is 4.23. The highest BCUT2D eigenvalue weighted by Crippen LogP contribution is 2.16. The van der Waals surface area contributed by atoms with E-state index in [0.717, 1.165) is 24.9 Å². The van der Waals surface area contributed by atoms with Crippen LogP contribution in [0.2, 0.25) is 0 Å². The first-order chi connectivity index (χ1) is 7.77. The van der Waals surface area contributed by atoms with E-state index in [-0.39, 0.29) is 6.10 Å². The van der Waals surface area contributed by atoms with Gasteiger partial charge in [-0.05, 0) is 37.3 Å². The second-order valence-electron chi connectivity index (χ2n) is 4.24. The minimum absolute atomic E-state index is 0.304. The van der Waals surface area contributed by atoms with E-state index in [1.165, 1.54) is 19.3 Å². The molecule has 0 bridgehead atoms. The number of aliphatic hydroxyl groups is 1. The van der Waals surface area contributed by atoms with Gasteiger partial charge in [0.2, 0.25) is 0 Å². The summed E-state index contributed by atoms with van der Waals surface area (Å²) in [5, 5.41) is 9.66. The molecule has 1 N–H and O–H groups in total. The summed E-state index contributed by atoms with van der Waals surface area (Å²) < 4.78 is 2.17. The monoisotopic (exact) mass is 221 g/mol. The zero-order valence-electron chi connectivity index (χ0n) is 10.2. The van der Waals surface area contributed by atoms with Crippen LogP contribution in [-0.4, -0.2) is 9.67 Å². The van der Waals surface area contributed by atoms with E-state index in [9.17, 15) is 5.11 Å². The van der Waals surface area contributed by atoms with Crippen molar-refractivity contribution < 1.29 is 5.11 Å². The Morgan fingerprint density at radius 2 is 2.25 bits per heavy atom. The number of nitrogens with zero attached hydrogens (tertiary/aromatic N) is 1. The van der Waals surface area contributed by atoms with Gasteiger partial charge in [-0.1, -0.05) is 19.4 Å². The number of unbranched alkanes of at least 4 members (excludes halogenated alkanes) is 3. The minimum Gasteiger partial charge on any atom is -0.388 e. The molecule has 1 aromatic heterocycles. The predicted molar refractivity (Wildman–Crippen MR) is 68.3 cm³/mol. The van der Waals surface area contributed by atoms with Crippen LogP contribution in [0.5, 0.6) is 0 Å². The Labute approximate surface area is 98.6 Å². The topological polar surface area (TPSA) is 25.2 Å². The molecular weight excluding hydrogens is 198 g/mol. The van der Waals surface area contributed by atoms with Crippen LogP contribution in [-0.2, 0) is 6.54 Å². The zero-order valence-corrected chi connectivity index (χ0v) is 10.2. The molecule has 0 saturated heterocycles. The van der Waals surface area contributed by atoms with Gasteiger partial charge in [-0.3, -0.25) is 0 Å². The third-order valence-corrected chi connectivity index (χ3v) is 2.87. The molecule has 0 aliphatic carbocycles. The van der Waals surface area contributed by atoms with Gasteiger partial charge in [0.25, 0.3) is 0 Å². The standard InChI is InChI=1S/C14H23NO/c1-3-5-6-7-8-10-15-11-9-13(12-15)14(16)4-2/h3,9,11-12,14,16H,1,4-8,10H2,2H3. The Balaban J connectivity index is 2.26. The van der Waals surface area contributed by atoms with Gasteiger partial charge in [0.05, 0.1) is 6.10 Å². The molecule has 0 radical (unpaired) electrons. The molecule has 16 heavy (non-hydrogen) atoms. The number of hydrogen-bond acceptors (Lipinski definition) is 1. The van der Waals surface area contributed by atoms with E-state index in [1.54, 1.807) is 0 Å². The lowest BCUT2D eigenvalue weighted by molar-refractivity contribution is 0.173. The van der Waals surface area contributed by atoms with Gasteiger partial charge in [-0.25, -0.2) is 0 Å². The highest BCUT2D eigenvalue weighted by atomic mass is 16.3. The molecule has 1 heterocycles. The van der Waals surface area contributed by atoms with E-state index < -0.39 is 0 Å². The van der Waals surface area contributed by atoms with Crippen molar-refractivity contribution in [1.29, 1.82) is 0 Å². The van der Waals surface area contributed by atoms with Gasteiger partial charge in [0.1, 0.15) is 0 Å². The Morgan fingerprint density at radius 3 is 2.94 bits per heavy atom. The molecule has 1 unspecified atom stereocenters. The average molecular weight is 221 g/mol. The van der Waals surface area contributed by atoms with Gasteiger partial charge in [-0.2, -0.15) is 0 Å². The number of rotatable bonds is 8. The first-order valence-corrected chi connectivity index (χ1v) is 6.22. The summed E-state index contributed by atoms with van der Waals surface area (Å²) in [6.07, 6.45) is 11.4. The fraction of sp³-hybridized carbons (Fsp3) is 0.571.